The maximum absolute atomic E-state index is 12.1. The minimum atomic E-state index is -3.47. The van der Waals surface area contributed by atoms with Crippen LogP contribution in [0.5, 0.6) is 0 Å². The van der Waals surface area contributed by atoms with E-state index in [0.29, 0.717) is 17.9 Å². The summed E-state index contributed by atoms with van der Waals surface area (Å²) in [7, 11) is -1.73. The summed E-state index contributed by atoms with van der Waals surface area (Å²) in [5, 5.41) is 4.11. The quantitative estimate of drug-likeness (QED) is 0.835. The van der Waals surface area contributed by atoms with Gasteiger partial charge in [0.15, 0.2) is 0 Å². The van der Waals surface area contributed by atoms with E-state index in [9.17, 15) is 8.42 Å². The van der Waals surface area contributed by atoms with E-state index in [0.717, 1.165) is 6.42 Å². The molecule has 5 nitrogen and oxygen atoms in total. The number of aryl methyl sites for hydroxylation is 2. The zero-order chi connectivity index (χ0) is 13.2. The van der Waals surface area contributed by atoms with E-state index in [1.165, 1.54) is 0 Å². The van der Waals surface area contributed by atoms with Crippen molar-refractivity contribution in [2.75, 3.05) is 6.54 Å². The lowest BCUT2D eigenvalue weighted by molar-refractivity contribution is 0.578. The van der Waals surface area contributed by atoms with Gasteiger partial charge in [0, 0.05) is 18.4 Å². The fourth-order valence-electron chi connectivity index (χ4n) is 1.56. The van der Waals surface area contributed by atoms with E-state index in [1.54, 1.807) is 25.6 Å². The van der Waals surface area contributed by atoms with Gasteiger partial charge in [-0.1, -0.05) is 22.9 Å². The van der Waals surface area contributed by atoms with Crippen LogP contribution in [0.4, 0.5) is 0 Å². The van der Waals surface area contributed by atoms with Crippen LogP contribution in [0.1, 0.15) is 24.7 Å². The predicted molar refractivity (Wildman–Crippen MR) is 70.9 cm³/mol. The Hall–Kier alpha value is -0.400. The van der Waals surface area contributed by atoms with Crippen molar-refractivity contribution in [3.8, 4) is 0 Å². The van der Waals surface area contributed by atoms with Crippen LogP contribution in [-0.2, 0) is 17.1 Å². The smallest absolute Gasteiger partial charge is 0.244 e. The number of halogens is 1. The highest BCUT2D eigenvalue weighted by Gasteiger charge is 2.23. The Morgan fingerprint density at radius 1 is 1.47 bits per heavy atom. The summed E-state index contributed by atoms with van der Waals surface area (Å²) in [6.45, 7) is 5.83. The van der Waals surface area contributed by atoms with E-state index in [-0.39, 0.29) is 9.72 Å². The van der Waals surface area contributed by atoms with E-state index < -0.39 is 10.0 Å². The molecule has 0 aliphatic carbocycles. The summed E-state index contributed by atoms with van der Waals surface area (Å²) in [6, 6.07) is 0. The third kappa shape index (κ3) is 3.29. The number of nitrogens with zero attached hydrogens (tertiary/aromatic N) is 2. The second kappa shape index (κ2) is 5.49. The molecule has 0 fully saturated rings. The first-order valence-corrected chi connectivity index (χ1v) is 7.83. The van der Waals surface area contributed by atoms with Crippen LogP contribution in [0.25, 0.3) is 0 Å². The van der Waals surface area contributed by atoms with Crippen molar-refractivity contribution >= 4 is 26.0 Å². The van der Waals surface area contributed by atoms with Crippen molar-refractivity contribution in [2.45, 2.75) is 36.9 Å². The lowest BCUT2D eigenvalue weighted by atomic mass is 10.3. The monoisotopic (exact) mass is 323 g/mol. The molecule has 1 aromatic heterocycles. The van der Waals surface area contributed by atoms with Crippen molar-refractivity contribution in [1.29, 1.82) is 0 Å². The minimum absolute atomic E-state index is 0.148. The first-order valence-electron chi connectivity index (χ1n) is 5.43. The Labute approximate surface area is 111 Å². The molecule has 1 rings (SSSR count). The van der Waals surface area contributed by atoms with Gasteiger partial charge in [0.1, 0.15) is 4.90 Å². The lowest BCUT2D eigenvalue weighted by Gasteiger charge is -2.10. The molecule has 1 N–H and O–H groups in total. The van der Waals surface area contributed by atoms with Crippen LogP contribution in [0.3, 0.4) is 0 Å². The SMILES string of the molecule is CCC(Br)CNS(=O)(=O)c1c(C)nn(C)c1C. The zero-order valence-electron chi connectivity index (χ0n) is 10.5. The van der Waals surface area contributed by atoms with Gasteiger partial charge in [-0.15, -0.1) is 0 Å². The molecule has 1 heterocycles. The molecule has 1 unspecified atom stereocenters. The standard InChI is InChI=1S/C10H18BrN3O2S/c1-5-9(11)6-12-17(15,16)10-7(2)13-14(4)8(10)3/h9,12H,5-6H2,1-4H3. The third-order valence-corrected chi connectivity index (χ3v) is 5.30. The Kier molecular flexibility index (Phi) is 4.74. The number of hydrogen-bond acceptors (Lipinski definition) is 3. The summed E-state index contributed by atoms with van der Waals surface area (Å²) >= 11 is 3.40. The first-order chi connectivity index (χ1) is 7.79. The van der Waals surface area contributed by atoms with Crippen molar-refractivity contribution in [3.63, 3.8) is 0 Å². The molecule has 0 bridgehead atoms. The van der Waals surface area contributed by atoms with Crippen molar-refractivity contribution in [1.82, 2.24) is 14.5 Å². The summed E-state index contributed by atoms with van der Waals surface area (Å²) < 4.78 is 28.4. The highest BCUT2D eigenvalue weighted by Crippen LogP contribution is 2.18. The molecule has 0 radical (unpaired) electrons. The van der Waals surface area contributed by atoms with E-state index in [4.69, 9.17) is 0 Å². The Morgan fingerprint density at radius 3 is 2.47 bits per heavy atom. The Morgan fingerprint density at radius 2 is 2.06 bits per heavy atom. The van der Waals surface area contributed by atoms with Crippen LogP contribution < -0.4 is 4.72 Å². The van der Waals surface area contributed by atoms with Crippen LogP contribution >= 0.6 is 15.9 Å². The van der Waals surface area contributed by atoms with Crippen LogP contribution in [0.15, 0.2) is 4.90 Å². The van der Waals surface area contributed by atoms with Gasteiger partial charge in [0.2, 0.25) is 10.0 Å². The molecule has 17 heavy (non-hydrogen) atoms. The van der Waals surface area contributed by atoms with Gasteiger partial charge < -0.3 is 0 Å². The average molecular weight is 324 g/mol. The lowest BCUT2D eigenvalue weighted by Crippen LogP contribution is -2.30. The van der Waals surface area contributed by atoms with E-state index >= 15 is 0 Å². The van der Waals surface area contributed by atoms with Crippen LogP contribution in [0.2, 0.25) is 0 Å². The molecule has 1 atom stereocenters. The maximum Gasteiger partial charge on any atom is 0.244 e. The first kappa shape index (κ1) is 14.7. The van der Waals surface area contributed by atoms with E-state index in [1.807, 2.05) is 6.92 Å². The molecule has 0 saturated carbocycles. The second-order valence-corrected chi connectivity index (χ2v) is 6.98. The molecule has 0 aliphatic rings. The Bertz CT molecular complexity index is 496. The number of alkyl halides is 1. The molecule has 0 aromatic carbocycles. The number of nitrogens with one attached hydrogen (secondary N) is 1. The highest BCUT2D eigenvalue weighted by atomic mass is 79.9. The normalized spacial score (nSPS) is 13.9. The molecule has 98 valence electrons. The van der Waals surface area contributed by atoms with Crippen LogP contribution in [0, 0.1) is 13.8 Å². The van der Waals surface area contributed by atoms with Crippen LogP contribution in [-0.4, -0.2) is 29.6 Å². The van der Waals surface area contributed by atoms with Crippen molar-refractivity contribution in [3.05, 3.63) is 11.4 Å². The fraction of sp³-hybridized carbons (Fsp3) is 0.700. The van der Waals surface area contributed by atoms with Gasteiger partial charge in [-0.05, 0) is 20.3 Å². The zero-order valence-corrected chi connectivity index (χ0v) is 12.9. The van der Waals surface area contributed by atoms with Crippen molar-refractivity contribution < 1.29 is 8.42 Å². The van der Waals surface area contributed by atoms with Gasteiger partial charge in [0.05, 0.1) is 11.4 Å². The summed E-state index contributed by atoms with van der Waals surface area (Å²) in [5.74, 6) is 0. The summed E-state index contributed by atoms with van der Waals surface area (Å²) in [5.41, 5.74) is 1.18. The maximum atomic E-state index is 12.1. The second-order valence-electron chi connectivity index (χ2n) is 3.98. The van der Waals surface area contributed by atoms with Gasteiger partial charge >= 0.3 is 0 Å². The predicted octanol–water partition coefficient (Wildman–Crippen LogP) is 1.49. The van der Waals surface area contributed by atoms with Gasteiger partial charge in [0.25, 0.3) is 0 Å². The summed E-state index contributed by atoms with van der Waals surface area (Å²) in [4.78, 5) is 0.436. The topological polar surface area (TPSA) is 64.0 Å². The molecular weight excluding hydrogens is 306 g/mol. The molecule has 7 heteroatoms. The Balaban J connectivity index is 2.98. The number of sulfonamides is 1. The van der Waals surface area contributed by atoms with E-state index in [2.05, 4.69) is 25.8 Å². The highest BCUT2D eigenvalue weighted by molar-refractivity contribution is 9.09. The third-order valence-electron chi connectivity index (χ3n) is 2.65. The fourth-order valence-corrected chi connectivity index (χ4v) is 3.45. The number of rotatable bonds is 5. The number of aromatic nitrogens is 2. The van der Waals surface area contributed by atoms with Crippen molar-refractivity contribution in [2.24, 2.45) is 7.05 Å². The molecule has 1 aromatic rings. The molecule has 0 amide bonds. The minimum Gasteiger partial charge on any atom is -0.271 e. The number of hydrogen-bond donors (Lipinski definition) is 1. The molecule has 0 aliphatic heterocycles. The summed E-state index contributed by atoms with van der Waals surface area (Å²) in [6.07, 6.45) is 0.869. The molecule has 0 spiro atoms. The van der Waals surface area contributed by atoms with Gasteiger partial charge in [-0.2, -0.15) is 5.10 Å². The average Bonchev–Trinajstić information content (AvgIpc) is 2.50. The van der Waals surface area contributed by atoms with Gasteiger partial charge in [-0.25, -0.2) is 13.1 Å². The largest absolute Gasteiger partial charge is 0.271 e. The van der Waals surface area contributed by atoms with Gasteiger partial charge in [-0.3, -0.25) is 4.68 Å². The molecular formula is C10H18BrN3O2S. The molecule has 0 saturated heterocycles.